The van der Waals surface area contributed by atoms with Gasteiger partial charge in [0.2, 0.25) is 5.91 Å². The minimum Gasteiger partial charge on any atom is -0.336 e. The molecule has 1 atom stereocenters. The number of carbonyl (C=O) groups excluding carboxylic acids is 1. The van der Waals surface area contributed by atoms with E-state index in [-0.39, 0.29) is 30.5 Å². The van der Waals surface area contributed by atoms with E-state index in [4.69, 9.17) is 4.98 Å². The Morgan fingerprint density at radius 2 is 1.75 bits per heavy atom. The van der Waals surface area contributed by atoms with E-state index >= 15 is 0 Å². The maximum atomic E-state index is 13.5. The summed E-state index contributed by atoms with van der Waals surface area (Å²) in [4.78, 5) is 33.1. The average molecular weight is 511 g/mol. The quantitative estimate of drug-likeness (QED) is 0.574. The Balaban J connectivity index is 1.22. The molecular formula is C25H30N6O4S. The first kappa shape index (κ1) is 23.4. The minimum atomic E-state index is -3.52. The van der Waals surface area contributed by atoms with Crippen LogP contribution in [0.5, 0.6) is 0 Å². The molecule has 1 amide bonds. The first-order valence-corrected chi connectivity index (χ1v) is 14.0. The fourth-order valence-electron chi connectivity index (χ4n) is 5.64. The Hall–Kier alpha value is -3.02. The largest absolute Gasteiger partial charge is 0.336 e. The molecule has 0 radical (unpaired) electrons. The summed E-state index contributed by atoms with van der Waals surface area (Å²) >= 11 is 0. The highest BCUT2D eigenvalue weighted by Gasteiger charge is 2.38. The molecule has 1 aromatic carbocycles. The van der Waals surface area contributed by atoms with Gasteiger partial charge in [0.1, 0.15) is 0 Å². The summed E-state index contributed by atoms with van der Waals surface area (Å²) in [6.07, 6.45) is 3.53. The third-order valence-corrected chi connectivity index (χ3v) is 9.62. The number of H-pyrrole nitrogens is 1. The summed E-state index contributed by atoms with van der Waals surface area (Å²) in [6, 6.07) is 11.6. The molecule has 0 spiro atoms. The lowest BCUT2D eigenvalue weighted by atomic mass is 9.96. The second-order valence-electron chi connectivity index (χ2n) is 9.89. The number of aromatic nitrogens is 3. The lowest BCUT2D eigenvalue weighted by Crippen LogP contribution is -2.51. The molecule has 3 aliphatic rings. The van der Waals surface area contributed by atoms with Crippen LogP contribution in [0.3, 0.4) is 0 Å². The molecule has 2 aromatic heterocycles. The van der Waals surface area contributed by atoms with Crippen LogP contribution in [0.2, 0.25) is 0 Å². The Labute approximate surface area is 209 Å². The van der Waals surface area contributed by atoms with Gasteiger partial charge in [-0.1, -0.05) is 30.3 Å². The third-order valence-electron chi connectivity index (χ3n) is 7.61. The van der Waals surface area contributed by atoms with E-state index < -0.39 is 10.2 Å². The number of amides is 1. The molecule has 3 aliphatic heterocycles. The molecule has 3 aromatic rings. The van der Waals surface area contributed by atoms with Gasteiger partial charge in [0, 0.05) is 44.4 Å². The maximum absolute atomic E-state index is 13.5. The second kappa shape index (κ2) is 9.13. The van der Waals surface area contributed by atoms with Crippen LogP contribution in [0.1, 0.15) is 36.9 Å². The Morgan fingerprint density at radius 1 is 1.00 bits per heavy atom. The van der Waals surface area contributed by atoms with Crippen molar-refractivity contribution >= 4 is 21.8 Å². The lowest BCUT2D eigenvalue weighted by molar-refractivity contribution is -0.137. The predicted molar refractivity (Wildman–Crippen MR) is 134 cm³/mol. The Morgan fingerprint density at radius 3 is 2.53 bits per heavy atom. The fraction of sp³-hybridized carbons (Fsp3) is 0.480. The van der Waals surface area contributed by atoms with Crippen molar-refractivity contribution in [3.05, 3.63) is 58.0 Å². The van der Waals surface area contributed by atoms with Gasteiger partial charge in [0.05, 0.1) is 23.9 Å². The minimum absolute atomic E-state index is 0.0528. The normalized spacial score (nSPS) is 21.7. The third kappa shape index (κ3) is 4.04. The van der Waals surface area contributed by atoms with Crippen LogP contribution >= 0.6 is 0 Å². The first-order chi connectivity index (χ1) is 17.4. The van der Waals surface area contributed by atoms with Crippen molar-refractivity contribution in [1.82, 2.24) is 28.1 Å². The van der Waals surface area contributed by atoms with Gasteiger partial charge in [0.15, 0.2) is 5.65 Å². The highest BCUT2D eigenvalue weighted by molar-refractivity contribution is 7.86. The number of carbonyl (C=O) groups is 1. The molecule has 190 valence electrons. The molecular weight excluding hydrogens is 480 g/mol. The zero-order chi connectivity index (χ0) is 24.9. The van der Waals surface area contributed by atoms with E-state index in [1.807, 2.05) is 36.4 Å². The van der Waals surface area contributed by atoms with E-state index in [0.29, 0.717) is 62.3 Å². The second-order valence-corrected chi connectivity index (χ2v) is 11.8. The van der Waals surface area contributed by atoms with Gasteiger partial charge in [0.25, 0.3) is 15.8 Å². The predicted octanol–water partition coefficient (Wildman–Crippen LogP) is 1.63. The number of benzene rings is 1. The van der Waals surface area contributed by atoms with Crippen LogP contribution in [-0.4, -0.2) is 75.2 Å². The van der Waals surface area contributed by atoms with Gasteiger partial charge in [-0.25, -0.2) is 9.50 Å². The van der Waals surface area contributed by atoms with Gasteiger partial charge in [-0.2, -0.15) is 17.0 Å². The summed E-state index contributed by atoms with van der Waals surface area (Å²) in [6.45, 7) is 2.48. The van der Waals surface area contributed by atoms with Crippen LogP contribution in [0.15, 0.2) is 41.2 Å². The molecule has 2 fully saturated rings. The van der Waals surface area contributed by atoms with Gasteiger partial charge in [-0.05, 0) is 37.7 Å². The van der Waals surface area contributed by atoms with Crippen LogP contribution < -0.4 is 5.56 Å². The number of hydrogen-bond acceptors (Lipinski definition) is 5. The molecule has 6 rings (SSSR count). The van der Waals surface area contributed by atoms with E-state index in [0.717, 1.165) is 24.1 Å². The number of aromatic amines is 1. The van der Waals surface area contributed by atoms with Crippen LogP contribution in [0.4, 0.5) is 0 Å². The van der Waals surface area contributed by atoms with Crippen molar-refractivity contribution in [2.45, 2.75) is 38.6 Å². The van der Waals surface area contributed by atoms with Gasteiger partial charge in [-0.15, -0.1) is 0 Å². The monoisotopic (exact) mass is 510 g/mol. The number of rotatable bonds is 4. The molecule has 0 saturated carbocycles. The first-order valence-electron chi connectivity index (χ1n) is 12.6. The number of nitrogens with zero attached hydrogens (tertiary/aromatic N) is 5. The summed E-state index contributed by atoms with van der Waals surface area (Å²) in [5.74, 6) is -0.428. The number of fused-ring (bicyclic) bond motifs is 2. The smallest absolute Gasteiger partial charge is 0.281 e. The van der Waals surface area contributed by atoms with Crippen molar-refractivity contribution in [3.8, 4) is 11.3 Å². The van der Waals surface area contributed by atoms with Crippen LogP contribution in [-0.2, 0) is 28.0 Å². The molecule has 5 heterocycles. The highest BCUT2D eigenvalue weighted by Crippen LogP contribution is 2.27. The van der Waals surface area contributed by atoms with Crippen molar-refractivity contribution in [3.63, 3.8) is 0 Å². The highest BCUT2D eigenvalue weighted by atomic mass is 32.2. The summed E-state index contributed by atoms with van der Waals surface area (Å²) in [5.41, 5.74) is 3.40. The van der Waals surface area contributed by atoms with Crippen molar-refractivity contribution in [1.29, 1.82) is 0 Å². The lowest BCUT2D eigenvalue weighted by Gasteiger charge is -2.37. The fourth-order valence-corrected chi connectivity index (χ4v) is 7.42. The van der Waals surface area contributed by atoms with E-state index in [2.05, 4.69) is 5.10 Å². The Kier molecular flexibility index (Phi) is 5.93. The number of hydrogen-bond donors (Lipinski definition) is 1. The zero-order valence-electron chi connectivity index (χ0n) is 20.1. The van der Waals surface area contributed by atoms with Crippen LogP contribution in [0, 0.1) is 5.92 Å². The van der Waals surface area contributed by atoms with Gasteiger partial charge in [-0.3, -0.25) is 14.7 Å². The van der Waals surface area contributed by atoms with Crippen molar-refractivity contribution < 1.29 is 13.2 Å². The van der Waals surface area contributed by atoms with E-state index in [1.54, 1.807) is 9.21 Å². The number of nitrogens with one attached hydrogen (secondary N) is 1. The summed E-state index contributed by atoms with van der Waals surface area (Å²) in [7, 11) is -3.52. The topological polar surface area (TPSA) is 111 Å². The molecule has 36 heavy (non-hydrogen) atoms. The molecule has 1 unspecified atom stereocenters. The van der Waals surface area contributed by atoms with Gasteiger partial charge < -0.3 is 4.90 Å². The Bertz CT molecular complexity index is 1460. The van der Waals surface area contributed by atoms with Crippen LogP contribution in [0.25, 0.3) is 16.9 Å². The molecule has 2 saturated heterocycles. The van der Waals surface area contributed by atoms with Crippen molar-refractivity contribution in [2.75, 3.05) is 32.7 Å². The molecule has 0 bridgehead atoms. The van der Waals surface area contributed by atoms with E-state index in [1.165, 1.54) is 8.82 Å². The molecule has 0 aliphatic carbocycles. The van der Waals surface area contributed by atoms with Gasteiger partial charge >= 0.3 is 0 Å². The number of piperidine rings is 1. The molecule has 1 N–H and O–H groups in total. The zero-order valence-corrected chi connectivity index (χ0v) is 20.9. The molecule has 11 heteroatoms. The summed E-state index contributed by atoms with van der Waals surface area (Å²) in [5, 5.41) is 3.15. The van der Waals surface area contributed by atoms with Crippen molar-refractivity contribution in [2.24, 2.45) is 5.92 Å². The molecule has 10 nitrogen and oxygen atoms in total. The summed E-state index contributed by atoms with van der Waals surface area (Å²) < 4.78 is 30.6. The van der Waals surface area contributed by atoms with E-state index in [9.17, 15) is 18.0 Å². The SMILES string of the molecule is O=C(C1CCCN(S(=O)(=O)N2CCCC2)C1)N1CCc2c(nc3cc(-c4ccccc4)[nH]n3c2=O)C1. The average Bonchev–Trinajstić information content (AvgIpc) is 3.60. The maximum Gasteiger partial charge on any atom is 0.281 e. The standard InChI is InChI=1S/C25H30N6O4S/c32-24(19-9-6-13-30(16-19)36(34,35)29-11-4-5-12-29)28-14-10-20-22(17-28)26-23-15-21(27-31(23)25(20)33)18-7-2-1-3-8-18/h1-3,7-8,15,19,27H,4-6,9-14,16-17H2.